The molecule has 1 aromatic carbocycles. The second-order valence-electron chi connectivity index (χ2n) is 4.32. The summed E-state index contributed by atoms with van der Waals surface area (Å²) in [5.74, 6) is 1.81. The van der Waals surface area contributed by atoms with Crippen molar-refractivity contribution in [1.29, 1.82) is 0 Å². The van der Waals surface area contributed by atoms with Crippen molar-refractivity contribution < 1.29 is 9.26 Å². The van der Waals surface area contributed by atoms with E-state index in [9.17, 15) is 0 Å². The highest BCUT2D eigenvalue weighted by Gasteiger charge is 2.09. The van der Waals surface area contributed by atoms with E-state index in [0.29, 0.717) is 11.7 Å². The van der Waals surface area contributed by atoms with Gasteiger partial charge in [-0.05, 0) is 31.9 Å². The third-order valence-electron chi connectivity index (χ3n) is 2.64. The third kappa shape index (κ3) is 2.68. The molecule has 2 rings (SSSR count). The van der Waals surface area contributed by atoms with Gasteiger partial charge in [-0.25, -0.2) is 0 Å². The smallest absolute Gasteiger partial charge is 0.240 e. The van der Waals surface area contributed by atoms with Gasteiger partial charge in [-0.3, -0.25) is 0 Å². The molecule has 18 heavy (non-hydrogen) atoms. The van der Waals surface area contributed by atoms with Crippen LogP contribution in [0.1, 0.15) is 28.4 Å². The summed E-state index contributed by atoms with van der Waals surface area (Å²) in [7, 11) is 0. The summed E-state index contributed by atoms with van der Waals surface area (Å²) in [6.45, 7) is 6.65. The van der Waals surface area contributed by atoms with Crippen molar-refractivity contribution in [2.75, 3.05) is 0 Å². The topological polar surface area (TPSA) is 74.2 Å². The molecule has 2 aromatic rings. The van der Waals surface area contributed by atoms with E-state index in [1.165, 1.54) is 5.56 Å². The van der Waals surface area contributed by atoms with Crippen LogP contribution in [0.4, 0.5) is 0 Å². The number of nitrogens with two attached hydrogens (primary N) is 1. The second-order valence-corrected chi connectivity index (χ2v) is 4.32. The summed E-state index contributed by atoms with van der Waals surface area (Å²) in [5.41, 5.74) is 8.84. The quantitative estimate of drug-likeness (QED) is 0.894. The Hall–Kier alpha value is -1.88. The third-order valence-corrected chi connectivity index (χ3v) is 2.64. The first kappa shape index (κ1) is 12.6. The van der Waals surface area contributed by atoms with Crippen molar-refractivity contribution in [1.82, 2.24) is 10.1 Å². The SMILES string of the molecule is Cc1cc(C)c(OCc2noc(CN)n2)c(C)c1. The van der Waals surface area contributed by atoms with Crippen molar-refractivity contribution in [2.45, 2.75) is 33.9 Å². The van der Waals surface area contributed by atoms with Crippen molar-refractivity contribution in [2.24, 2.45) is 5.73 Å². The Kier molecular flexibility index (Phi) is 3.62. The summed E-state index contributed by atoms with van der Waals surface area (Å²) in [4.78, 5) is 4.09. The van der Waals surface area contributed by atoms with Crippen LogP contribution in [0.5, 0.6) is 5.75 Å². The van der Waals surface area contributed by atoms with Crippen LogP contribution in [0.25, 0.3) is 0 Å². The Morgan fingerprint density at radius 1 is 1.22 bits per heavy atom. The molecule has 0 radical (unpaired) electrons. The molecule has 0 saturated carbocycles. The van der Waals surface area contributed by atoms with Crippen LogP contribution in [-0.2, 0) is 13.2 Å². The molecule has 1 aromatic heterocycles. The van der Waals surface area contributed by atoms with Gasteiger partial charge in [0.05, 0.1) is 6.54 Å². The number of ether oxygens (including phenoxy) is 1. The first-order valence-corrected chi connectivity index (χ1v) is 5.82. The summed E-state index contributed by atoms with van der Waals surface area (Å²) in [6, 6.07) is 4.17. The first-order chi connectivity index (χ1) is 8.60. The van der Waals surface area contributed by atoms with E-state index >= 15 is 0 Å². The number of hydrogen-bond acceptors (Lipinski definition) is 5. The summed E-state index contributed by atoms with van der Waals surface area (Å²) in [6.07, 6.45) is 0. The van der Waals surface area contributed by atoms with Gasteiger partial charge in [0.25, 0.3) is 0 Å². The maximum absolute atomic E-state index is 5.74. The monoisotopic (exact) mass is 247 g/mol. The highest BCUT2D eigenvalue weighted by molar-refractivity contribution is 5.42. The molecule has 0 spiro atoms. The van der Waals surface area contributed by atoms with Gasteiger partial charge < -0.3 is 15.0 Å². The summed E-state index contributed by atoms with van der Waals surface area (Å²) >= 11 is 0. The lowest BCUT2D eigenvalue weighted by Gasteiger charge is -2.11. The largest absolute Gasteiger partial charge is 0.485 e. The molecule has 0 aliphatic rings. The number of rotatable bonds is 4. The Bertz CT molecular complexity index is 526. The minimum atomic E-state index is 0.246. The van der Waals surface area contributed by atoms with E-state index in [1.54, 1.807) is 0 Å². The number of aromatic nitrogens is 2. The van der Waals surface area contributed by atoms with Crippen LogP contribution >= 0.6 is 0 Å². The molecule has 0 aliphatic carbocycles. The van der Waals surface area contributed by atoms with Gasteiger partial charge in [0, 0.05) is 0 Å². The average Bonchev–Trinajstić information content (AvgIpc) is 2.75. The van der Waals surface area contributed by atoms with E-state index in [1.807, 2.05) is 13.8 Å². The van der Waals surface area contributed by atoms with Crippen LogP contribution in [0.2, 0.25) is 0 Å². The van der Waals surface area contributed by atoms with Gasteiger partial charge in [0.15, 0.2) is 6.61 Å². The fraction of sp³-hybridized carbons (Fsp3) is 0.385. The van der Waals surface area contributed by atoms with Crippen LogP contribution in [0.3, 0.4) is 0 Å². The van der Waals surface area contributed by atoms with Crippen LogP contribution < -0.4 is 10.5 Å². The maximum Gasteiger partial charge on any atom is 0.240 e. The minimum Gasteiger partial charge on any atom is -0.485 e. The predicted molar refractivity (Wildman–Crippen MR) is 67.2 cm³/mol. The van der Waals surface area contributed by atoms with Crippen molar-refractivity contribution in [3.8, 4) is 5.75 Å². The molecule has 0 amide bonds. The van der Waals surface area contributed by atoms with Crippen molar-refractivity contribution in [3.63, 3.8) is 0 Å². The molecule has 0 bridgehead atoms. The Morgan fingerprint density at radius 2 is 1.89 bits per heavy atom. The molecule has 0 fully saturated rings. The minimum absolute atomic E-state index is 0.246. The molecule has 0 saturated heterocycles. The highest BCUT2D eigenvalue weighted by atomic mass is 16.5. The molecule has 5 nitrogen and oxygen atoms in total. The average molecular weight is 247 g/mol. The lowest BCUT2D eigenvalue weighted by molar-refractivity contribution is 0.281. The zero-order valence-electron chi connectivity index (χ0n) is 10.9. The van der Waals surface area contributed by atoms with Gasteiger partial charge in [0.1, 0.15) is 5.75 Å². The van der Waals surface area contributed by atoms with E-state index in [-0.39, 0.29) is 13.2 Å². The maximum atomic E-state index is 5.74. The highest BCUT2D eigenvalue weighted by Crippen LogP contribution is 2.25. The van der Waals surface area contributed by atoms with E-state index in [4.69, 9.17) is 15.0 Å². The zero-order valence-corrected chi connectivity index (χ0v) is 10.9. The molecule has 5 heteroatoms. The molecule has 0 atom stereocenters. The fourth-order valence-electron chi connectivity index (χ4n) is 1.96. The molecule has 0 aliphatic heterocycles. The van der Waals surface area contributed by atoms with Crippen LogP contribution in [0, 0.1) is 20.8 Å². The van der Waals surface area contributed by atoms with Gasteiger partial charge >= 0.3 is 0 Å². The van der Waals surface area contributed by atoms with Crippen molar-refractivity contribution >= 4 is 0 Å². The van der Waals surface area contributed by atoms with E-state index in [0.717, 1.165) is 16.9 Å². The Labute approximate surface area is 106 Å². The Morgan fingerprint density at radius 3 is 2.44 bits per heavy atom. The van der Waals surface area contributed by atoms with Crippen molar-refractivity contribution in [3.05, 3.63) is 40.5 Å². The molecule has 2 N–H and O–H groups in total. The summed E-state index contributed by atoms with van der Waals surface area (Å²) in [5, 5.41) is 3.79. The molecule has 1 heterocycles. The summed E-state index contributed by atoms with van der Waals surface area (Å²) < 4.78 is 10.7. The lowest BCUT2D eigenvalue weighted by atomic mass is 10.1. The zero-order chi connectivity index (χ0) is 13.1. The standard InChI is InChI=1S/C13H17N3O2/c1-8-4-9(2)13(10(3)5-8)17-7-11-15-12(6-14)18-16-11/h4-5H,6-7,14H2,1-3H3. The number of benzene rings is 1. The number of nitrogens with zero attached hydrogens (tertiary/aromatic N) is 2. The van der Waals surface area contributed by atoms with E-state index in [2.05, 4.69) is 29.2 Å². The predicted octanol–water partition coefficient (Wildman–Crippen LogP) is 2.03. The molecule has 96 valence electrons. The van der Waals surface area contributed by atoms with Crippen LogP contribution in [0.15, 0.2) is 16.7 Å². The van der Waals surface area contributed by atoms with Gasteiger partial charge in [-0.15, -0.1) is 0 Å². The first-order valence-electron chi connectivity index (χ1n) is 5.82. The Balaban J connectivity index is 2.10. The van der Waals surface area contributed by atoms with Crippen LogP contribution in [-0.4, -0.2) is 10.1 Å². The second kappa shape index (κ2) is 5.18. The van der Waals surface area contributed by atoms with Gasteiger partial charge in [-0.2, -0.15) is 4.98 Å². The van der Waals surface area contributed by atoms with Gasteiger partial charge in [0.2, 0.25) is 11.7 Å². The number of aryl methyl sites for hydroxylation is 3. The fourth-order valence-corrected chi connectivity index (χ4v) is 1.96. The van der Waals surface area contributed by atoms with Gasteiger partial charge in [-0.1, -0.05) is 22.9 Å². The lowest BCUT2D eigenvalue weighted by Crippen LogP contribution is -2.02. The number of hydrogen-bond donors (Lipinski definition) is 1. The molecular formula is C13H17N3O2. The van der Waals surface area contributed by atoms with E-state index < -0.39 is 0 Å². The molecule has 0 unspecified atom stereocenters. The molecular weight excluding hydrogens is 230 g/mol. The normalized spacial score (nSPS) is 10.7.